The van der Waals surface area contributed by atoms with Crippen LogP contribution < -0.4 is 5.73 Å². The molecule has 0 aromatic heterocycles. The Balaban J connectivity index is 0.00000180. The molecular weight excluding hydrogens is 307 g/mol. The Labute approximate surface area is 129 Å². The van der Waals surface area contributed by atoms with Gasteiger partial charge in [0.25, 0.3) is 5.91 Å². The Bertz CT molecular complexity index is 465. The molecule has 3 nitrogen and oxygen atoms in total. The van der Waals surface area contributed by atoms with Crippen molar-refractivity contribution in [1.82, 2.24) is 4.90 Å². The molecule has 1 heterocycles. The zero-order valence-corrected chi connectivity index (χ0v) is 12.9. The number of benzene rings is 1. The van der Waals surface area contributed by atoms with Gasteiger partial charge in [-0.05, 0) is 37.5 Å². The molecule has 2 N–H and O–H groups in total. The molecule has 1 amide bonds. The third kappa shape index (κ3) is 3.76. The van der Waals surface area contributed by atoms with E-state index in [-0.39, 0.29) is 24.4 Å². The van der Waals surface area contributed by atoms with Gasteiger partial charge in [0.2, 0.25) is 0 Å². The first kappa shape index (κ1) is 16.6. The lowest BCUT2D eigenvalue weighted by molar-refractivity contribution is 0.0786. The highest BCUT2D eigenvalue weighted by atomic mass is 35.5. The highest BCUT2D eigenvalue weighted by Crippen LogP contribution is 2.25. The van der Waals surface area contributed by atoms with Gasteiger partial charge in [-0.15, -0.1) is 12.4 Å². The van der Waals surface area contributed by atoms with E-state index in [9.17, 15) is 4.79 Å². The molecule has 0 radical (unpaired) electrons. The molecule has 2 rings (SSSR count). The maximum Gasteiger partial charge on any atom is 0.255 e. The van der Waals surface area contributed by atoms with Crippen molar-refractivity contribution in [3.05, 3.63) is 33.8 Å². The van der Waals surface area contributed by atoms with Crippen LogP contribution in [-0.4, -0.2) is 29.9 Å². The van der Waals surface area contributed by atoms with E-state index < -0.39 is 0 Å². The van der Waals surface area contributed by atoms with Crippen molar-refractivity contribution in [3.8, 4) is 0 Å². The molecule has 0 aliphatic carbocycles. The Morgan fingerprint density at radius 3 is 2.74 bits per heavy atom. The van der Waals surface area contributed by atoms with Crippen LogP contribution in [0.4, 0.5) is 0 Å². The molecule has 19 heavy (non-hydrogen) atoms. The minimum absolute atomic E-state index is 0. The summed E-state index contributed by atoms with van der Waals surface area (Å²) in [6, 6.07) is 5.05. The minimum atomic E-state index is -0.0642. The largest absolute Gasteiger partial charge is 0.338 e. The van der Waals surface area contributed by atoms with Crippen molar-refractivity contribution in [2.24, 2.45) is 11.7 Å². The number of nitrogens with zero attached hydrogens (tertiary/aromatic N) is 1. The molecule has 1 saturated heterocycles. The van der Waals surface area contributed by atoms with Gasteiger partial charge < -0.3 is 10.6 Å². The summed E-state index contributed by atoms with van der Waals surface area (Å²) in [5.74, 6) is 0.303. The zero-order valence-electron chi connectivity index (χ0n) is 10.6. The van der Waals surface area contributed by atoms with Gasteiger partial charge in [0.1, 0.15) is 0 Å². The van der Waals surface area contributed by atoms with Crippen LogP contribution in [0.25, 0.3) is 0 Å². The first-order chi connectivity index (χ1) is 8.49. The molecule has 0 bridgehead atoms. The number of carbonyl (C=O) groups is 1. The SMILES string of the molecule is CC(N)C1CCN(C(=O)c2cc(Cl)ccc2Cl)C1.Cl. The lowest BCUT2D eigenvalue weighted by Gasteiger charge is -2.18. The van der Waals surface area contributed by atoms with Crippen molar-refractivity contribution in [2.45, 2.75) is 19.4 Å². The van der Waals surface area contributed by atoms with E-state index in [2.05, 4.69) is 0 Å². The van der Waals surface area contributed by atoms with E-state index in [0.29, 0.717) is 28.1 Å². The van der Waals surface area contributed by atoms with Crippen molar-refractivity contribution in [2.75, 3.05) is 13.1 Å². The van der Waals surface area contributed by atoms with Crippen molar-refractivity contribution >= 4 is 41.5 Å². The fraction of sp³-hybridized carbons (Fsp3) is 0.462. The second kappa shape index (κ2) is 6.80. The number of likely N-dealkylation sites (tertiary alicyclic amines) is 1. The predicted octanol–water partition coefficient (Wildman–Crippen LogP) is 3.22. The summed E-state index contributed by atoms with van der Waals surface area (Å²) in [7, 11) is 0. The fourth-order valence-electron chi connectivity index (χ4n) is 2.23. The highest BCUT2D eigenvalue weighted by molar-refractivity contribution is 6.35. The van der Waals surface area contributed by atoms with Gasteiger partial charge in [0, 0.05) is 24.2 Å². The fourth-order valence-corrected chi connectivity index (χ4v) is 2.60. The molecule has 6 heteroatoms. The second-order valence-corrected chi connectivity index (χ2v) is 5.63. The third-order valence-corrected chi connectivity index (χ3v) is 3.98. The van der Waals surface area contributed by atoms with Crippen LogP contribution >= 0.6 is 35.6 Å². The van der Waals surface area contributed by atoms with Gasteiger partial charge in [-0.3, -0.25) is 4.79 Å². The van der Waals surface area contributed by atoms with E-state index in [1.807, 2.05) is 6.92 Å². The van der Waals surface area contributed by atoms with E-state index in [4.69, 9.17) is 28.9 Å². The van der Waals surface area contributed by atoms with Gasteiger partial charge in [0.05, 0.1) is 10.6 Å². The number of amides is 1. The maximum absolute atomic E-state index is 12.3. The summed E-state index contributed by atoms with van der Waals surface area (Å²) in [4.78, 5) is 14.1. The Morgan fingerprint density at radius 1 is 1.47 bits per heavy atom. The molecule has 106 valence electrons. The van der Waals surface area contributed by atoms with Crippen molar-refractivity contribution < 1.29 is 4.79 Å². The summed E-state index contributed by atoms with van der Waals surface area (Å²) in [6.45, 7) is 3.40. The summed E-state index contributed by atoms with van der Waals surface area (Å²) in [5, 5.41) is 0.958. The van der Waals surface area contributed by atoms with Gasteiger partial charge in [-0.1, -0.05) is 23.2 Å². The summed E-state index contributed by atoms with van der Waals surface area (Å²) >= 11 is 11.9. The number of rotatable bonds is 2. The highest BCUT2D eigenvalue weighted by Gasteiger charge is 2.29. The quantitative estimate of drug-likeness (QED) is 0.908. The predicted molar refractivity (Wildman–Crippen MR) is 81.4 cm³/mol. The molecular formula is C13H17Cl3N2O. The lowest BCUT2D eigenvalue weighted by Crippen LogP contribution is -2.33. The normalized spacial score (nSPS) is 20.0. The van der Waals surface area contributed by atoms with E-state index in [1.54, 1.807) is 23.1 Å². The summed E-state index contributed by atoms with van der Waals surface area (Å²) < 4.78 is 0. The van der Waals surface area contributed by atoms with Gasteiger partial charge in [0.15, 0.2) is 0 Å². The number of hydrogen-bond donors (Lipinski definition) is 1. The van der Waals surface area contributed by atoms with Crippen LogP contribution in [0.2, 0.25) is 10.0 Å². The molecule has 2 unspecified atom stereocenters. The van der Waals surface area contributed by atoms with E-state index in [0.717, 1.165) is 13.0 Å². The Kier molecular flexibility index (Phi) is 5.93. The smallest absolute Gasteiger partial charge is 0.255 e. The van der Waals surface area contributed by atoms with Crippen LogP contribution in [-0.2, 0) is 0 Å². The van der Waals surface area contributed by atoms with Crippen LogP contribution in [0, 0.1) is 5.92 Å². The van der Waals surface area contributed by atoms with Crippen LogP contribution in [0.5, 0.6) is 0 Å². The van der Waals surface area contributed by atoms with Crippen LogP contribution in [0.15, 0.2) is 18.2 Å². The van der Waals surface area contributed by atoms with Crippen LogP contribution in [0.1, 0.15) is 23.7 Å². The molecule has 1 aromatic rings. The average molecular weight is 324 g/mol. The average Bonchev–Trinajstić information content (AvgIpc) is 2.81. The lowest BCUT2D eigenvalue weighted by atomic mass is 10.0. The van der Waals surface area contributed by atoms with Crippen LogP contribution in [0.3, 0.4) is 0 Å². The zero-order chi connectivity index (χ0) is 13.3. The number of hydrogen-bond acceptors (Lipinski definition) is 2. The standard InChI is InChI=1S/C13H16Cl2N2O.ClH/c1-8(16)9-4-5-17(7-9)13(18)11-6-10(14)2-3-12(11)15;/h2-3,6,8-9H,4-5,7,16H2,1H3;1H. The van der Waals surface area contributed by atoms with E-state index >= 15 is 0 Å². The maximum atomic E-state index is 12.3. The molecule has 1 aliphatic rings. The molecule has 0 saturated carbocycles. The van der Waals surface area contributed by atoms with Crippen molar-refractivity contribution in [3.63, 3.8) is 0 Å². The number of nitrogens with two attached hydrogens (primary N) is 1. The summed E-state index contributed by atoms with van der Waals surface area (Å²) in [5.41, 5.74) is 6.33. The molecule has 0 spiro atoms. The number of halogens is 3. The topological polar surface area (TPSA) is 46.3 Å². The number of carbonyl (C=O) groups excluding carboxylic acids is 1. The van der Waals surface area contributed by atoms with Gasteiger partial charge >= 0.3 is 0 Å². The molecule has 1 aliphatic heterocycles. The van der Waals surface area contributed by atoms with Gasteiger partial charge in [-0.25, -0.2) is 0 Å². The summed E-state index contributed by atoms with van der Waals surface area (Å²) in [6.07, 6.45) is 0.946. The third-order valence-electron chi connectivity index (χ3n) is 3.41. The minimum Gasteiger partial charge on any atom is -0.338 e. The van der Waals surface area contributed by atoms with Crippen molar-refractivity contribution in [1.29, 1.82) is 0 Å². The van der Waals surface area contributed by atoms with Gasteiger partial charge in [-0.2, -0.15) is 0 Å². The molecule has 1 aromatic carbocycles. The molecule has 1 fully saturated rings. The molecule has 2 atom stereocenters. The van der Waals surface area contributed by atoms with E-state index in [1.165, 1.54) is 0 Å². The Hall–Kier alpha value is -0.480. The Morgan fingerprint density at radius 2 is 2.16 bits per heavy atom. The monoisotopic (exact) mass is 322 g/mol. The second-order valence-electron chi connectivity index (χ2n) is 4.78. The first-order valence-electron chi connectivity index (χ1n) is 5.99. The first-order valence-corrected chi connectivity index (χ1v) is 6.74.